The van der Waals surface area contributed by atoms with E-state index in [1.54, 1.807) is 29.2 Å². The summed E-state index contributed by atoms with van der Waals surface area (Å²) in [6.45, 7) is 0.679. The quantitative estimate of drug-likeness (QED) is 0.493. The molecule has 1 aliphatic rings. The van der Waals surface area contributed by atoms with Gasteiger partial charge in [0.25, 0.3) is 0 Å². The van der Waals surface area contributed by atoms with E-state index in [0.29, 0.717) is 17.8 Å². The first-order valence-corrected chi connectivity index (χ1v) is 9.31. The second-order valence-corrected chi connectivity index (χ2v) is 6.78. The van der Waals surface area contributed by atoms with Crippen LogP contribution in [-0.4, -0.2) is 31.2 Å². The summed E-state index contributed by atoms with van der Waals surface area (Å²) in [5.74, 6) is 0.718. The maximum Gasteiger partial charge on any atom is 0.414 e. The summed E-state index contributed by atoms with van der Waals surface area (Å²) >= 11 is 0. The van der Waals surface area contributed by atoms with Crippen molar-refractivity contribution in [3.8, 4) is 16.9 Å². The van der Waals surface area contributed by atoms with Crippen molar-refractivity contribution in [3.63, 3.8) is 0 Å². The number of hydrogen-bond donors (Lipinski definition) is 2. The Labute approximate surface area is 169 Å². The number of cyclic esters (lactones) is 1. The second-order valence-electron chi connectivity index (χ2n) is 6.78. The second kappa shape index (κ2) is 8.06. The van der Waals surface area contributed by atoms with E-state index in [1.165, 1.54) is 0 Å². The van der Waals surface area contributed by atoms with Gasteiger partial charge >= 0.3 is 6.09 Å². The number of nitrogen functional groups attached to an aromatic ring is 1. The molecule has 0 saturated carbocycles. The Balaban J connectivity index is 1.35. The Bertz CT molecular complexity index is 1000. The van der Waals surface area contributed by atoms with Crippen LogP contribution in [0.4, 0.5) is 10.5 Å². The summed E-state index contributed by atoms with van der Waals surface area (Å²) in [5, 5.41) is 7.44. The zero-order valence-corrected chi connectivity index (χ0v) is 15.7. The predicted molar refractivity (Wildman–Crippen MR) is 112 cm³/mol. The fourth-order valence-electron chi connectivity index (χ4n) is 3.20. The first kappa shape index (κ1) is 18.6. The Kier molecular flexibility index (Phi) is 5.16. The number of amidine groups is 1. The van der Waals surface area contributed by atoms with Crippen LogP contribution >= 0.6 is 0 Å². The molecule has 1 heterocycles. The number of carbonyl (C=O) groups is 1. The molecule has 1 fully saturated rings. The standard InChI is InChI=1S/C23H21N3O3/c24-22(25)18-6-10-19(11-7-18)26-14-21(29-23(26)27)15-28-20-12-8-17(9-13-20)16-4-2-1-3-5-16/h1-13,21H,14-15H2,(H3,24,25). The fraction of sp³-hybridized carbons (Fsp3) is 0.130. The first-order valence-electron chi connectivity index (χ1n) is 9.31. The molecule has 6 nitrogen and oxygen atoms in total. The lowest BCUT2D eigenvalue weighted by Gasteiger charge is -2.14. The van der Waals surface area contributed by atoms with Crippen LogP contribution in [0.1, 0.15) is 5.56 Å². The zero-order chi connectivity index (χ0) is 20.2. The molecule has 0 spiro atoms. The number of nitrogens with zero attached hydrogens (tertiary/aromatic N) is 1. The molecule has 0 radical (unpaired) electrons. The van der Waals surface area contributed by atoms with Crippen LogP contribution in [0, 0.1) is 5.41 Å². The molecule has 1 aliphatic heterocycles. The number of anilines is 1. The number of nitrogens with one attached hydrogen (secondary N) is 1. The molecule has 3 aromatic rings. The molecule has 3 aromatic carbocycles. The summed E-state index contributed by atoms with van der Waals surface area (Å²) in [6, 6.07) is 24.9. The van der Waals surface area contributed by atoms with Crippen LogP contribution in [0.15, 0.2) is 78.9 Å². The van der Waals surface area contributed by atoms with Crippen LogP contribution in [0.5, 0.6) is 5.75 Å². The lowest BCUT2D eigenvalue weighted by Crippen LogP contribution is -2.26. The Morgan fingerprint density at radius 2 is 1.66 bits per heavy atom. The van der Waals surface area contributed by atoms with Gasteiger partial charge in [-0.3, -0.25) is 10.3 Å². The zero-order valence-electron chi connectivity index (χ0n) is 15.7. The third-order valence-corrected chi connectivity index (χ3v) is 4.76. The van der Waals surface area contributed by atoms with E-state index in [2.05, 4.69) is 12.1 Å². The van der Waals surface area contributed by atoms with Gasteiger partial charge in [-0.2, -0.15) is 0 Å². The largest absolute Gasteiger partial charge is 0.490 e. The van der Waals surface area contributed by atoms with Crippen LogP contribution in [0.3, 0.4) is 0 Å². The molecule has 3 N–H and O–H groups in total. The Morgan fingerprint density at radius 3 is 2.31 bits per heavy atom. The highest BCUT2D eigenvalue weighted by Gasteiger charge is 2.32. The molecule has 29 heavy (non-hydrogen) atoms. The van der Waals surface area contributed by atoms with Gasteiger partial charge in [0.15, 0.2) is 6.10 Å². The first-order chi connectivity index (χ1) is 14.1. The molecule has 0 aromatic heterocycles. The van der Waals surface area contributed by atoms with Crippen molar-refractivity contribution in [3.05, 3.63) is 84.4 Å². The van der Waals surface area contributed by atoms with Gasteiger partial charge in [0.2, 0.25) is 0 Å². The van der Waals surface area contributed by atoms with Crippen LogP contribution in [0.25, 0.3) is 11.1 Å². The third kappa shape index (κ3) is 4.21. The molecule has 146 valence electrons. The van der Waals surface area contributed by atoms with E-state index in [1.807, 2.05) is 42.5 Å². The van der Waals surface area contributed by atoms with Crippen LogP contribution < -0.4 is 15.4 Å². The van der Waals surface area contributed by atoms with Crippen molar-refractivity contribution >= 4 is 17.6 Å². The molecular weight excluding hydrogens is 366 g/mol. The van der Waals surface area contributed by atoms with E-state index in [-0.39, 0.29) is 18.5 Å². The Hall–Kier alpha value is -3.80. The van der Waals surface area contributed by atoms with Crippen molar-refractivity contribution in [2.45, 2.75) is 6.10 Å². The molecule has 0 aliphatic carbocycles. The number of rotatable bonds is 6. The fourth-order valence-corrected chi connectivity index (χ4v) is 3.20. The number of hydrogen-bond acceptors (Lipinski definition) is 4. The van der Waals surface area contributed by atoms with Gasteiger partial charge in [-0.25, -0.2) is 4.79 Å². The highest BCUT2D eigenvalue weighted by atomic mass is 16.6. The van der Waals surface area contributed by atoms with E-state index >= 15 is 0 Å². The highest BCUT2D eigenvalue weighted by molar-refractivity contribution is 5.96. The lowest BCUT2D eigenvalue weighted by molar-refractivity contribution is 0.105. The van der Waals surface area contributed by atoms with Crippen molar-refractivity contribution in [2.24, 2.45) is 5.73 Å². The highest BCUT2D eigenvalue weighted by Crippen LogP contribution is 2.24. The molecule has 6 heteroatoms. The minimum absolute atomic E-state index is 0.00916. The van der Waals surface area contributed by atoms with Crippen molar-refractivity contribution < 1.29 is 14.3 Å². The lowest BCUT2D eigenvalue weighted by atomic mass is 10.1. The average molecular weight is 387 g/mol. The van der Waals surface area contributed by atoms with E-state index in [9.17, 15) is 4.79 Å². The maximum absolute atomic E-state index is 12.2. The number of benzene rings is 3. The summed E-state index contributed by atoms with van der Waals surface area (Å²) in [4.78, 5) is 13.8. The van der Waals surface area contributed by atoms with Crippen molar-refractivity contribution in [1.82, 2.24) is 0 Å². The summed E-state index contributed by atoms with van der Waals surface area (Å²) in [6.07, 6.45) is -0.766. The molecule has 1 unspecified atom stereocenters. The molecular formula is C23H21N3O3. The average Bonchev–Trinajstić information content (AvgIpc) is 3.14. The summed E-state index contributed by atoms with van der Waals surface area (Å²) < 4.78 is 11.2. The van der Waals surface area contributed by atoms with Gasteiger partial charge < -0.3 is 15.2 Å². The number of amides is 1. The Morgan fingerprint density at radius 1 is 1.00 bits per heavy atom. The van der Waals surface area contributed by atoms with E-state index < -0.39 is 6.09 Å². The number of ether oxygens (including phenoxy) is 2. The van der Waals surface area contributed by atoms with Gasteiger partial charge in [-0.15, -0.1) is 0 Å². The molecule has 1 saturated heterocycles. The molecule has 1 amide bonds. The molecule has 4 rings (SSSR count). The van der Waals surface area contributed by atoms with Crippen molar-refractivity contribution in [1.29, 1.82) is 5.41 Å². The third-order valence-electron chi connectivity index (χ3n) is 4.76. The number of nitrogens with two attached hydrogens (primary N) is 1. The van der Waals surface area contributed by atoms with E-state index in [0.717, 1.165) is 16.9 Å². The van der Waals surface area contributed by atoms with Crippen LogP contribution in [0.2, 0.25) is 0 Å². The van der Waals surface area contributed by atoms with Crippen LogP contribution in [-0.2, 0) is 4.74 Å². The number of carbonyl (C=O) groups excluding carboxylic acids is 1. The smallest absolute Gasteiger partial charge is 0.414 e. The maximum atomic E-state index is 12.2. The SMILES string of the molecule is N=C(N)c1ccc(N2CC(COc3ccc(-c4ccccc4)cc3)OC2=O)cc1. The van der Waals surface area contributed by atoms with Crippen molar-refractivity contribution in [2.75, 3.05) is 18.1 Å². The topological polar surface area (TPSA) is 88.6 Å². The minimum Gasteiger partial charge on any atom is -0.490 e. The summed E-state index contributed by atoms with van der Waals surface area (Å²) in [7, 11) is 0. The predicted octanol–water partition coefficient (Wildman–Crippen LogP) is 4.04. The molecule has 0 bridgehead atoms. The van der Waals surface area contributed by atoms with Gasteiger partial charge in [-0.05, 0) is 47.5 Å². The summed E-state index contributed by atoms with van der Waals surface area (Å²) in [5.41, 5.74) is 9.04. The van der Waals surface area contributed by atoms with Gasteiger partial charge in [0, 0.05) is 11.3 Å². The van der Waals surface area contributed by atoms with Gasteiger partial charge in [-0.1, -0.05) is 42.5 Å². The molecule has 1 atom stereocenters. The minimum atomic E-state index is -0.409. The van der Waals surface area contributed by atoms with Gasteiger partial charge in [0.05, 0.1) is 6.54 Å². The monoisotopic (exact) mass is 387 g/mol. The normalized spacial score (nSPS) is 15.8. The van der Waals surface area contributed by atoms with E-state index in [4.69, 9.17) is 20.6 Å². The van der Waals surface area contributed by atoms with Gasteiger partial charge in [0.1, 0.15) is 18.2 Å².